The van der Waals surface area contributed by atoms with Crippen LogP contribution in [0.2, 0.25) is 0 Å². The van der Waals surface area contributed by atoms with Crippen LogP contribution in [0, 0.1) is 5.92 Å². The monoisotopic (exact) mass is 357 g/mol. The predicted molar refractivity (Wildman–Crippen MR) is 94.2 cm³/mol. The second kappa shape index (κ2) is 9.34. The summed E-state index contributed by atoms with van der Waals surface area (Å²) in [6.07, 6.45) is 0.213. The van der Waals surface area contributed by atoms with Gasteiger partial charge >= 0.3 is 0 Å². The SMILES string of the molecule is CNCCNC(=O)C1CC(=O)N(c2cc(OC)cc(OC)c2)C1.Cl. The highest BCUT2D eigenvalue weighted by atomic mass is 35.5. The van der Waals surface area contributed by atoms with Gasteiger partial charge in [0.25, 0.3) is 0 Å². The summed E-state index contributed by atoms with van der Waals surface area (Å²) in [4.78, 5) is 26.0. The highest BCUT2D eigenvalue weighted by Crippen LogP contribution is 2.32. The number of methoxy groups -OCH3 is 2. The van der Waals surface area contributed by atoms with Crippen molar-refractivity contribution in [3.05, 3.63) is 18.2 Å². The zero-order chi connectivity index (χ0) is 16.8. The van der Waals surface area contributed by atoms with Crippen molar-refractivity contribution in [1.82, 2.24) is 10.6 Å². The van der Waals surface area contributed by atoms with Gasteiger partial charge in [0.2, 0.25) is 11.8 Å². The molecule has 134 valence electrons. The van der Waals surface area contributed by atoms with E-state index in [1.165, 1.54) is 0 Å². The fraction of sp³-hybridized carbons (Fsp3) is 0.500. The van der Waals surface area contributed by atoms with E-state index in [-0.39, 0.29) is 36.6 Å². The van der Waals surface area contributed by atoms with Crippen molar-refractivity contribution in [2.45, 2.75) is 6.42 Å². The molecule has 1 aliphatic heterocycles. The Morgan fingerprint density at radius 3 is 2.38 bits per heavy atom. The normalized spacial score (nSPS) is 16.5. The van der Waals surface area contributed by atoms with E-state index in [9.17, 15) is 9.59 Å². The van der Waals surface area contributed by atoms with E-state index >= 15 is 0 Å². The summed E-state index contributed by atoms with van der Waals surface area (Å²) in [7, 11) is 4.94. The maximum atomic E-state index is 12.3. The molecule has 7 nitrogen and oxygen atoms in total. The minimum atomic E-state index is -0.337. The first kappa shape index (κ1) is 20.1. The third-order valence-corrected chi connectivity index (χ3v) is 3.82. The molecule has 1 heterocycles. The summed E-state index contributed by atoms with van der Waals surface area (Å²) in [6.45, 7) is 1.61. The van der Waals surface area contributed by atoms with Crippen molar-refractivity contribution in [3.63, 3.8) is 0 Å². The summed E-state index contributed by atoms with van der Waals surface area (Å²) in [5, 5.41) is 5.80. The van der Waals surface area contributed by atoms with E-state index in [0.717, 1.165) is 0 Å². The maximum Gasteiger partial charge on any atom is 0.227 e. The molecule has 0 aliphatic carbocycles. The van der Waals surface area contributed by atoms with Crippen molar-refractivity contribution >= 4 is 29.9 Å². The number of ether oxygens (including phenoxy) is 2. The van der Waals surface area contributed by atoms with Gasteiger partial charge in [0, 0.05) is 44.3 Å². The van der Waals surface area contributed by atoms with Gasteiger partial charge in [0.15, 0.2) is 0 Å². The summed E-state index contributed by atoms with van der Waals surface area (Å²) in [5.74, 6) is 0.708. The smallest absolute Gasteiger partial charge is 0.227 e. The molecular formula is C16H24ClN3O4. The second-order valence-corrected chi connectivity index (χ2v) is 5.37. The quantitative estimate of drug-likeness (QED) is 0.706. The number of halogens is 1. The second-order valence-electron chi connectivity index (χ2n) is 5.37. The molecule has 0 radical (unpaired) electrons. The van der Waals surface area contributed by atoms with Gasteiger partial charge in [-0.2, -0.15) is 0 Å². The first-order valence-electron chi connectivity index (χ1n) is 7.54. The molecule has 1 aromatic carbocycles. The number of carbonyl (C=O) groups excluding carboxylic acids is 2. The summed E-state index contributed by atoms with van der Waals surface area (Å²) in [6, 6.07) is 5.27. The first-order valence-corrected chi connectivity index (χ1v) is 7.54. The van der Waals surface area contributed by atoms with Crippen LogP contribution in [-0.2, 0) is 9.59 Å². The molecule has 0 bridgehead atoms. The minimum absolute atomic E-state index is 0. The lowest BCUT2D eigenvalue weighted by atomic mass is 10.1. The number of benzene rings is 1. The van der Waals surface area contributed by atoms with Gasteiger partial charge in [-0.15, -0.1) is 12.4 Å². The summed E-state index contributed by atoms with van der Waals surface area (Å²) < 4.78 is 10.5. The third kappa shape index (κ3) is 4.75. The Labute approximate surface area is 148 Å². The molecule has 2 N–H and O–H groups in total. The molecule has 1 fully saturated rings. The number of anilines is 1. The Morgan fingerprint density at radius 2 is 1.83 bits per heavy atom. The number of hydrogen-bond acceptors (Lipinski definition) is 5. The van der Waals surface area contributed by atoms with Gasteiger partial charge in [-0.1, -0.05) is 0 Å². The van der Waals surface area contributed by atoms with Gasteiger partial charge in [-0.25, -0.2) is 0 Å². The van der Waals surface area contributed by atoms with Crippen LogP contribution in [0.5, 0.6) is 11.5 Å². The van der Waals surface area contributed by atoms with Crippen molar-refractivity contribution in [1.29, 1.82) is 0 Å². The zero-order valence-corrected chi connectivity index (χ0v) is 14.9. The molecule has 24 heavy (non-hydrogen) atoms. The lowest BCUT2D eigenvalue weighted by Gasteiger charge is -2.18. The lowest BCUT2D eigenvalue weighted by Crippen LogP contribution is -2.36. The van der Waals surface area contributed by atoms with Gasteiger partial charge in [0.1, 0.15) is 11.5 Å². The van der Waals surface area contributed by atoms with E-state index in [1.54, 1.807) is 37.3 Å². The fourth-order valence-corrected chi connectivity index (χ4v) is 2.54. The molecule has 1 saturated heterocycles. The van der Waals surface area contributed by atoms with Crippen molar-refractivity contribution in [2.75, 3.05) is 45.8 Å². The number of nitrogens with zero attached hydrogens (tertiary/aromatic N) is 1. The van der Waals surface area contributed by atoms with Crippen LogP contribution in [0.3, 0.4) is 0 Å². The number of hydrogen-bond donors (Lipinski definition) is 2. The van der Waals surface area contributed by atoms with Crippen LogP contribution in [0.15, 0.2) is 18.2 Å². The van der Waals surface area contributed by atoms with E-state index in [2.05, 4.69) is 10.6 Å². The molecule has 1 aromatic rings. The molecule has 2 rings (SSSR count). The van der Waals surface area contributed by atoms with Gasteiger partial charge in [0.05, 0.1) is 25.8 Å². The molecule has 0 saturated carbocycles. The number of nitrogens with one attached hydrogen (secondary N) is 2. The lowest BCUT2D eigenvalue weighted by molar-refractivity contribution is -0.126. The van der Waals surface area contributed by atoms with Crippen LogP contribution < -0.4 is 25.0 Å². The predicted octanol–water partition coefficient (Wildman–Crippen LogP) is 0.814. The van der Waals surface area contributed by atoms with Gasteiger partial charge in [-0.05, 0) is 7.05 Å². The molecule has 2 amide bonds. The first-order chi connectivity index (χ1) is 11.1. The standard InChI is InChI=1S/C16H23N3O4.ClH/c1-17-4-5-18-16(21)11-6-15(20)19(10-11)12-7-13(22-2)9-14(8-12)23-3;/h7-9,11,17H,4-6,10H2,1-3H3,(H,18,21);1H. The summed E-state index contributed by atoms with van der Waals surface area (Å²) >= 11 is 0. The Morgan fingerprint density at radius 1 is 1.21 bits per heavy atom. The van der Waals surface area contributed by atoms with Crippen molar-refractivity contribution < 1.29 is 19.1 Å². The highest BCUT2D eigenvalue weighted by Gasteiger charge is 2.35. The molecule has 0 aromatic heterocycles. The molecule has 1 atom stereocenters. The van der Waals surface area contributed by atoms with Crippen LogP contribution >= 0.6 is 12.4 Å². The molecule has 1 unspecified atom stereocenters. The molecule has 8 heteroatoms. The Balaban J connectivity index is 0.00000288. The Kier molecular flexibility index (Phi) is 7.81. The topological polar surface area (TPSA) is 79.9 Å². The molecular weight excluding hydrogens is 334 g/mol. The van der Waals surface area contributed by atoms with Crippen LogP contribution in [0.1, 0.15) is 6.42 Å². The largest absolute Gasteiger partial charge is 0.497 e. The van der Waals surface area contributed by atoms with Crippen LogP contribution in [0.4, 0.5) is 5.69 Å². The van der Waals surface area contributed by atoms with Crippen LogP contribution in [0.25, 0.3) is 0 Å². The number of rotatable bonds is 7. The van der Waals surface area contributed by atoms with E-state index < -0.39 is 0 Å². The number of amides is 2. The number of likely N-dealkylation sites (N-methyl/N-ethyl adjacent to an activating group) is 1. The maximum absolute atomic E-state index is 12.3. The van der Waals surface area contributed by atoms with Crippen molar-refractivity contribution in [2.24, 2.45) is 5.92 Å². The highest BCUT2D eigenvalue weighted by molar-refractivity contribution is 6.00. The Bertz CT molecular complexity index is 560. The van der Waals surface area contributed by atoms with Crippen LogP contribution in [-0.4, -0.2) is 52.7 Å². The van der Waals surface area contributed by atoms with E-state index in [0.29, 0.717) is 36.8 Å². The molecule has 0 spiro atoms. The van der Waals surface area contributed by atoms with E-state index in [4.69, 9.17) is 9.47 Å². The van der Waals surface area contributed by atoms with E-state index in [1.807, 2.05) is 7.05 Å². The molecule has 1 aliphatic rings. The fourth-order valence-electron chi connectivity index (χ4n) is 2.54. The average molecular weight is 358 g/mol. The number of carbonyl (C=O) groups is 2. The average Bonchev–Trinajstić information content (AvgIpc) is 2.96. The zero-order valence-electron chi connectivity index (χ0n) is 14.1. The van der Waals surface area contributed by atoms with Gasteiger partial charge in [-0.3, -0.25) is 9.59 Å². The third-order valence-electron chi connectivity index (χ3n) is 3.82. The van der Waals surface area contributed by atoms with Crippen molar-refractivity contribution in [3.8, 4) is 11.5 Å². The summed E-state index contributed by atoms with van der Waals surface area (Å²) in [5.41, 5.74) is 0.678. The van der Waals surface area contributed by atoms with Gasteiger partial charge < -0.3 is 25.0 Å². The minimum Gasteiger partial charge on any atom is -0.497 e. The Hall–Kier alpha value is -1.99.